The van der Waals surface area contributed by atoms with Crippen molar-refractivity contribution in [2.45, 2.75) is 4.21 Å². The van der Waals surface area contributed by atoms with E-state index in [4.69, 9.17) is 0 Å². The third kappa shape index (κ3) is 3.41. The summed E-state index contributed by atoms with van der Waals surface area (Å²) < 4.78 is 26.8. The lowest BCUT2D eigenvalue weighted by atomic mass is 10.0. The van der Waals surface area contributed by atoms with Gasteiger partial charge in [-0.05, 0) is 35.2 Å². The number of nitrogens with one attached hydrogen (secondary N) is 1. The summed E-state index contributed by atoms with van der Waals surface area (Å²) in [4.78, 5) is 9.76. The van der Waals surface area contributed by atoms with E-state index in [1.165, 1.54) is 17.5 Å². The minimum Gasteiger partial charge on any atom is -0.378 e. The average molecular weight is 450 g/mol. The maximum absolute atomic E-state index is 12.7. The lowest BCUT2D eigenvalue weighted by molar-refractivity contribution is 0.582. The molecule has 0 bridgehead atoms. The smallest absolute Gasteiger partial charge is 0.292 e. The van der Waals surface area contributed by atoms with E-state index in [0.717, 1.165) is 37.5 Å². The number of nitrogens with zero attached hydrogens (tertiary/aromatic N) is 4. The molecular formula is C22H19N5O2S2. The fourth-order valence-electron chi connectivity index (χ4n) is 3.43. The maximum atomic E-state index is 12.7. The highest BCUT2D eigenvalue weighted by Gasteiger charge is 2.20. The summed E-state index contributed by atoms with van der Waals surface area (Å²) in [5, 5.41) is 6.75. The van der Waals surface area contributed by atoms with Crippen LogP contribution in [-0.4, -0.2) is 41.7 Å². The molecule has 4 aromatic heterocycles. The van der Waals surface area contributed by atoms with Gasteiger partial charge in [-0.15, -0.1) is 11.3 Å². The molecule has 1 aromatic carbocycles. The summed E-state index contributed by atoms with van der Waals surface area (Å²) in [7, 11) is 0.328. The fourth-order valence-corrected chi connectivity index (χ4v) is 5.62. The molecule has 0 saturated carbocycles. The van der Waals surface area contributed by atoms with Gasteiger partial charge in [-0.3, -0.25) is 0 Å². The van der Waals surface area contributed by atoms with Crippen molar-refractivity contribution in [1.29, 1.82) is 0 Å². The number of rotatable bonds is 5. The Hall–Kier alpha value is -3.43. The molecule has 5 aromatic rings. The standard InChI is InChI=1S/C22H19N5O2S2/c1-26(2)18-7-5-15(6-8-18)16-10-19-20(13-24-22(19)23-11-16)17-12-25-27(14-17)31(28,29)21-4-3-9-30-21/h3-14H,1-2H3,(H,23,24). The molecule has 0 radical (unpaired) electrons. The van der Waals surface area contributed by atoms with Crippen molar-refractivity contribution in [1.82, 2.24) is 19.2 Å². The van der Waals surface area contributed by atoms with Gasteiger partial charge in [0.25, 0.3) is 10.0 Å². The molecule has 0 unspecified atom stereocenters. The molecule has 0 atom stereocenters. The van der Waals surface area contributed by atoms with Crippen LogP contribution in [0.3, 0.4) is 0 Å². The second-order valence-electron chi connectivity index (χ2n) is 7.30. The normalized spacial score (nSPS) is 11.8. The van der Waals surface area contributed by atoms with E-state index in [0.29, 0.717) is 5.56 Å². The third-order valence-electron chi connectivity index (χ3n) is 5.11. The number of aromatic amines is 1. The molecule has 5 rings (SSSR count). The Morgan fingerprint density at radius 1 is 1.03 bits per heavy atom. The molecule has 0 amide bonds. The van der Waals surface area contributed by atoms with Gasteiger partial charge in [-0.1, -0.05) is 18.2 Å². The van der Waals surface area contributed by atoms with Crippen LogP contribution in [0.1, 0.15) is 0 Å². The summed E-state index contributed by atoms with van der Waals surface area (Å²) in [5.74, 6) is 0. The van der Waals surface area contributed by atoms with Crippen LogP contribution in [0.4, 0.5) is 5.69 Å². The molecule has 0 saturated heterocycles. The Morgan fingerprint density at radius 3 is 2.55 bits per heavy atom. The Kier molecular flexibility index (Phi) is 4.64. The molecule has 31 heavy (non-hydrogen) atoms. The van der Waals surface area contributed by atoms with Crippen molar-refractivity contribution < 1.29 is 8.42 Å². The fraction of sp³-hybridized carbons (Fsp3) is 0.0909. The van der Waals surface area contributed by atoms with Crippen molar-refractivity contribution in [3.8, 4) is 22.3 Å². The van der Waals surface area contributed by atoms with E-state index in [-0.39, 0.29) is 4.21 Å². The maximum Gasteiger partial charge on any atom is 0.292 e. The van der Waals surface area contributed by atoms with Crippen molar-refractivity contribution in [2.24, 2.45) is 0 Å². The predicted molar refractivity (Wildman–Crippen MR) is 124 cm³/mol. The SMILES string of the molecule is CN(C)c1ccc(-c2cnc3[nH]cc(-c4cnn(S(=O)(=O)c5cccs5)c4)c3c2)cc1. The van der Waals surface area contributed by atoms with Crippen molar-refractivity contribution in [3.63, 3.8) is 0 Å². The number of benzene rings is 1. The molecule has 156 valence electrons. The summed E-state index contributed by atoms with van der Waals surface area (Å²) in [6, 6.07) is 13.6. The van der Waals surface area contributed by atoms with Crippen LogP contribution in [0, 0.1) is 0 Å². The van der Waals surface area contributed by atoms with E-state index >= 15 is 0 Å². The zero-order valence-electron chi connectivity index (χ0n) is 16.9. The summed E-state index contributed by atoms with van der Waals surface area (Å²) in [5.41, 5.74) is 5.45. The van der Waals surface area contributed by atoms with E-state index in [1.54, 1.807) is 23.7 Å². The zero-order chi connectivity index (χ0) is 21.6. The molecule has 0 aliphatic rings. The highest BCUT2D eigenvalue weighted by molar-refractivity contribution is 7.91. The second kappa shape index (κ2) is 7.36. The average Bonchev–Trinajstić information content (AvgIpc) is 3.53. The first-order valence-electron chi connectivity index (χ1n) is 9.52. The Balaban J connectivity index is 1.54. The number of thiophene rings is 1. The summed E-state index contributed by atoms with van der Waals surface area (Å²) in [6.07, 6.45) is 6.76. The summed E-state index contributed by atoms with van der Waals surface area (Å²) >= 11 is 1.17. The molecule has 0 aliphatic heterocycles. The van der Waals surface area contributed by atoms with E-state index in [9.17, 15) is 8.42 Å². The van der Waals surface area contributed by atoms with E-state index in [2.05, 4.69) is 50.3 Å². The predicted octanol–water partition coefficient (Wildman–Crippen LogP) is 4.46. The van der Waals surface area contributed by atoms with Gasteiger partial charge in [-0.25, -0.2) is 4.98 Å². The van der Waals surface area contributed by atoms with Crippen LogP contribution in [0.2, 0.25) is 0 Å². The van der Waals surface area contributed by atoms with Gasteiger partial charge >= 0.3 is 0 Å². The monoisotopic (exact) mass is 449 g/mol. The Bertz CT molecular complexity index is 1460. The molecule has 4 heterocycles. The molecule has 0 spiro atoms. The van der Waals surface area contributed by atoms with Crippen LogP contribution < -0.4 is 4.90 Å². The molecule has 9 heteroatoms. The Labute approximate surface area is 183 Å². The molecular weight excluding hydrogens is 430 g/mol. The molecule has 0 aliphatic carbocycles. The van der Waals surface area contributed by atoms with E-state index < -0.39 is 10.0 Å². The van der Waals surface area contributed by atoms with Gasteiger partial charge in [0.15, 0.2) is 0 Å². The van der Waals surface area contributed by atoms with Crippen molar-refractivity contribution >= 4 is 38.1 Å². The zero-order valence-corrected chi connectivity index (χ0v) is 18.5. The minimum atomic E-state index is -3.69. The van der Waals surface area contributed by atoms with Crippen molar-refractivity contribution in [3.05, 3.63) is 72.6 Å². The first-order chi connectivity index (χ1) is 14.9. The van der Waals surface area contributed by atoms with Gasteiger partial charge in [0.2, 0.25) is 0 Å². The lowest BCUT2D eigenvalue weighted by Gasteiger charge is -2.12. The van der Waals surface area contributed by atoms with Gasteiger partial charge < -0.3 is 9.88 Å². The van der Waals surface area contributed by atoms with Gasteiger partial charge in [-0.2, -0.15) is 17.6 Å². The van der Waals surface area contributed by atoms with Crippen molar-refractivity contribution in [2.75, 3.05) is 19.0 Å². The highest BCUT2D eigenvalue weighted by atomic mass is 32.2. The molecule has 1 N–H and O–H groups in total. The highest BCUT2D eigenvalue weighted by Crippen LogP contribution is 2.32. The number of pyridine rings is 1. The van der Waals surface area contributed by atoms with Crippen LogP contribution in [0.25, 0.3) is 33.3 Å². The van der Waals surface area contributed by atoms with Crippen LogP contribution in [0.15, 0.2) is 76.8 Å². The second-order valence-corrected chi connectivity index (χ2v) is 10.3. The van der Waals surface area contributed by atoms with Crippen LogP contribution in [-0.2, 0) is 10.0 Å². The quantitative estimate of drug-likeness (QED) is 0.428. The molecule has 7 nitrogen and oxygen atoms in total. The molecule has 0 fully saturated rings. The van der Waals surface area contributed by atoms with Gasteiger partial charge in [0, 0.05) is 54.3 Å². The van der Waals surface area contributed by atoms with E-state index in [1.807, 2.05) is 26.5 Å². The summed E-state index contributed by atoms with van der Waals surface area (Å²) in [6.45, 7) is 0. The topological polar surface area (TPSA) is 83.9 Å². The number of H-pyrrole nitrogens is 1. The Morgan fingerprint density at radius 2 is 1.84 bits per heavy atom. The largest absolute Gasteiger partial charge is 0.378 e. The number of anilines is 1. The van der Waals surface area contributed by atoms with Gasteiger partial charge in [0.05, 0.1) is 12.4 Å². The first-order valence-corrected chi connectivity index (χ1v) is 11.8. The van der Waals surface area contributed by atoms with Gasteiger partial charge in [0.1, 0.15) is 9.86 Å². The number of hydrogen-bond acceptors (Lipinski definition) is 6. The first kappa shape index (κ1) is 19.5. The number of hydrogen-bond donors (Lipinski definition) is 1. The minimum absolute atomic E-state index is 0.256. The number of aromatic nitrogens is 4. The van der Waals surface area contributed by atoms with Crippen LogP contribution >= 0.6 is 11.3 Å². The van der Waals surface area contributed by atoms with Crippen LogP contribution in [0.5, 0.6) is 0 Å². The lowest BCUT2D eigenvalue weighted by Crippen LogP contribution is -2.11. The third-order valence-corrected chi connectivity index (χ3v) is 8.03. The number of fused-ring (bicyclic) bond motifs is 1.